The van der Waals surface area contributed by atoms with Gasteiger partial charge in [0.05, 0.1) is 5.60 Å². The quantitative estimate of drug-likeness (QED) is 0.609. The van der Waals surface area contributed by atoms with E-state index in [9.17, 15) is 0 Å². The fourth-order valence-electron chi connectivity index (χ4n) is 1.04. The maximum Gasteiger partial charge on any atom is 0.0988 e. The van der Waals surface area contributed by atoms with Crippen molar-refractivity contribution in [3.63, 3.8) is 0 Å². The fourth-order valence-corrected chi connectivity index (χ4v) is 1.79. The van der Waals surface area contributed by atoms with Gasteiger partial charge < -0.3 is 4.74 Å². The first-order chi connectivity index (χ1) is 5.73. The monoisotopic (exact) mass is 276 g/mol. The van der Waals surface area contributed by atoms with Gasteiger partial charge in [-0.05, 0) is 12.5 Å². The summed E-state index contributed by atoms with van der Waals surface area (Å²) >= 11 is 2.34. The Bertz CT molecular complexity index is 229. The van der Waals surface area contributed by atoms with E-state index in [1.54, 1.807) is 7.11 Å². The van der Waals surface area contributed by atoms with Crippen LogP contribution in [0.1, 0.15) is 12.5 Å². The van der Waals surface area contributed by atoms with Crippen LogP contribution in [0.3, 0.4) is 0 Å². The molecule has 0 heterocycles. The molecule has 0 amide bonds. The minimum absolute atomic E-state index is 0.137. The Morgan fingerprint density at radius 3 is 2.33 bits per heavy atom. The van der Waals surface area contributed by atoms with Crippen LogP contribution in [0.25, 0.3) is 0 Å². The number of hydrogen-bond donors (Lipinski definition) is 0. The standard InChI is InChI=1S/C10H13IO/c1-10(8-11,12-2)9-6-4-3-5-7-9/h3-7H,8H2,1-2H3. The zero-order valence-corrected chi connectivity index (χ0v) is 9.54. The van der Waals surface area contributed by atoms with E-state index >= 15 is 0 Å². The largest absolute Gasteiger partial charge is 0.373 e. The van der Waals surface area contributed by atoms with Crippen molar-refractivity contribution in [1.29, 1.82) is 0 Å². The van der Waals surface area contributed by atoms with Crippen LogP contribution in [0.2, 0.25) is 0 Å². The average Bonchev–Trinajstić information content (AvgIpc) is 2.18. The third-order valence-electron chi connectivity index (χ3n) is 2.09. The van der Waals surface area contributed by atoms with Crippen molar-refractivity contribution >= 4 is 22.6 Å². The summed E-state index contributed by atoms with van der Waals surface area (Å²) in [5, 5.41) is 0. The summed E-state index contributed by atoms with van der Waals surface area (Å²) in [5.74, 6) is 0. The Morgan fingerprint density at radius 2 is 1.92 bits per heavy atom. The summed E-state index contributed by atoms with van der Waals surface area (Å²) < 4.78 is 6.43. The normalized spacial score (nSPS) is 15.6. The smallest absolute Gasteiger partial charge is 0.0988 e. The second kappa shape index (κ2) is 4.23. The van der Waals surface area contributed by atoms with E-state index < -0.39 is 0 Å². The highest BCUT2D eigenvalue weighted by molar-refractivity contribution is 14.1. The second-order valence-corrected chi connectivity index (χ2v) is 3.70. The van der Waals surface area contributed by atoms with Crippen molar-refractivity contribution in [2.24, 2.45) is 0 Å². The van der Waals surface area contributed by atoms with E-state index in [1.165, 1.54) is 5.56 Å². The van der Waals surface area contributed by atoms with Gasteiger partial charge in [0, 0.05) is 11.5 Å². The van der Waals surface area contributed by atoms with E-state index in [4.69, 9.17) is 4.74 Å². The van der Waals surface area contributed by atoms with Crippen LogP contribution in [0.4, 0.5) is 0 Å². The molecule has 0 N–H and O–H groups in total. The molecule has 1 unspecified atom stereocenters. The number of halogens is 1. The lowest BCUT2D eigenvalue weighted by molar-refractivity contribution is 0.0264. The number of hydrogen-bond acceptors (Lipinski definition) is 1. The molecule has 1 aromatic carbocycles. The van der Waals surface area contributed by atoms with Gasteiger partial charge in [0.2, 0.25) is 0 Å². The Balaban J connectivity index is 2.95. The minimum Gasteiger partial charge on any atom is -0.373 e. The van der Waals surface area contributed by atoms with Gasteiger partial charge in [0.15, 0.2) is 0 Å². The number of methoxy groups -OCH3 is 1. The van der Waals surface area contributed by atoms with Crippen molar-refractivity contribution in [2.75, 3.05) is 11.5 Å². The number of alkyl halides is 1. The van der Waals surface area contributed by atoms with E-state index in [0.717, 1.165) is 4.43 Å². The molecular formula is C10H13IO. The molecule has 0 aromatic heterocycles. The highest BCUT2D eigenvalue weighted by atomic mass is 127. The van der Waals surface area contributed by atoms with Crippen LogP contribution in [-0.4, -0.2) is 11.5 Å². The summed E-state index contributed by atoms with van der Waals surface area (Å²) in [4.78, 5) is 0. The maximum absolute atomic E-state index is 5.47. The third-order valence-corrected chi connectivity index (χ3v) is 3.55. The molecule has 0 aliphatic rings. The Morgan fingerprint density at radius 1 is 1.33 bits per heavy atom. The molecule has 1 atom stereocenters. The lowest BCUT2D eigenvalue weighted by atomic mass is 9.98. The fraction of sp³-hybridized carbons (Fsp3) is 0.400. The SMILES string of the molecule is COC(C)(CI)c1ccccc1. The van der Waals surface area contributed by atoms with Crippen LogP contribution in [0.5, 0.6) is 0 Å². The highest BCUT2D eigenvalue weighted by Gasteiger charge is 2.23. The van der Waals surface area contributed by atoms with Gasteiger partial charge in [-0.2, -0.15) is 0 Å². The van der Waals surface area contributed by atoms with Crippen LogP contribution in [0, 0.1) is 0 Å². The van der Waals surface area contributed by atoms with Crippen molar-refractivity contribution in [3.8, 4) is 0 Å². The maximum atomic E-state index is 5.47. The summed E-state index contributed by atoms with van der Waals surface area (Å²) in [6, 6.07) is 10.3. The molecule has 1 rings (SSSR count). The summed E-state index contributed by atoms with van der Waals surface area (Å²) in [6.45, 7) is 2.11. The molecule has 1 aromatic rings. The molecule has 12 heavy (non-hydrogen) atoms. The molecule has 0 aliphatic carbocycles. The zero-order valence-electron chi connectivity index (χ0n) is 7.38. The molecule has 66 valence electrons. The molecule has 0 radical (unpaired) electrons. The van der Waals surface area contributed by atoms with Crippen molar-refractivity contribution in [2.45, 2.75) is 12.5 Å². The molecule has 0 fully saturated rings. The van der Waals surface area contributed by atoms with Crippen LogP contribution in [-0.2, 0) is 10.3 Å². The van der Waals surface area contributed by atoms with E-state index in [0.29, 0.717) is 0 Å². The van der Waals surface area contributed by atoms with E-state index in [2.05, 4.69) is 41.6 Å². The molecule has 1 nitrogen and oxygen atoms in total. The first-order valence-electron chi connectivity index (χ1n) is 3.89. The Hall–Kier alpha value is -0.0900. The number of ether oxygens (including phenoxy) is 1. The van der Waals surface area contributed by atoms with Gasteiger partial charge in [-0.3, -0.25) is 0 Å². The summed E-state index contributed by atoms with van der Waals surface area (Å²) in [5.41, 5.74) is 1.10. The van der Waals surface area contributed by atoms with Crippen LogP contribution in [0.15, 0.2) is 30.3 Å². The minimum atomic E-state index is -0.137. The molecule has 0 aliphatic heterocycles. The third kappa shape index (κ3) is 1.98. The van der Waals surface area contributed by atoms with Gasteiger partial charge >= 0.3 is 0 Å². The second-order valence-electron chi connectivity index (χ2n) is 2.93. The van der Waals surface area contributed by atoms with Gasteiger partial charge in [-0.15, -0.1) is 0 Å². The molecule has 0 spiro atoms. The highest BCUT2D eigenvalue weighted by Crippen LogP contribution is 2.26. The van der Waals surface area contributed by atoms with Gasteiger partial charge in [-0.25, -0.2) is 0 Å². The average molecular weight is 276 g/mol. The molecule has 0 saturated carbocycles. The van der Waals surface area contributed by atoms with Crippen molar-refractivity contribution in [1.82, 2.24) is 0 Å². The first-order valence-corrected chi connectivity index (χ1v) is 5.42. The Kier molecular flexibility index (Phi) is 3.53. The lowest BCUT2D eigenvalue weighted by Crippen LogP contribution is -2.25. The Labute approximate surface area is 87.3 Å². The van der Waals surface area contributed by atoms with Crippen molar-refractivity contribution in [3.05, 3.63) is 35.9 Å². The predicted octanol–water partition coefficient (Wildman–Crippen LogP) is 2.98. The molecule has 0 bridgehead atoms. The topological polar surface area (TPSA) is 9.23 Å². The van der Waals surface area contributed by atoms with Crippen molar-refractivity contribution < 1.29 is 4.74 Å². The van der Waals surface area contributed by atoms with Gasteiger partial charge in [-0.1, -0.05) is 52.9 Å². The van der Waals surface area contributed by atoms with Gasteiger partial charge in [0.1, 0.15) is 0 Å². The number of benzene rings is 1. The van der Waals surface area contributed by atoms with E-state index in [-0.39, 0.29) is 5.60 Å². The number of rotatable bonds is 3. The first kappa shape index (κ1) is 9.99. The summed E-state index contributed by atoms with van der Waals surface area (Å²) in [6.07, 6.45) is 0. The molecule has 2 heteroatoms. The lowest BCUT2D eigenvalue weighted by Gasteiger charge is -2.26. The zero-order chi connectivity index (χ0) is 9.03. The van der Waals surface area contributed by atoms with Crippen LogP contribution >= 0.6 is 22.6 Å². The molecule has 0 saturated heterocycles. The predicted molar refractivity (Wildman–Crippen MR) is 59.7 cm³/mol. The van der Waals surface area contributed by atoms with E-state index in [1.807, 2.05) is 18.2 Å². The molecular weight excluding hydrogens is 263 g/mol. The van der Waals surface area contributed by atoms with Crippen LogP contribution < -0.4 is 0 Å². The summed E-state index contributed by atoms with van der Waals surface area (Å²) in [7, 11) is 1.76. The van der Waals surface area contributed by atoms with Gasteiger partial charge in [0.25, 0.3) is 0 Å².